The van der Waals surface area contributed by atoms with Crippen molar-refractivity contribution in [3.8, 4) is 0 Å². The molecule has 0 aromatic heterocycles. The number of likely N-dealkylation sites (tertiary alicyclic amines) is 1. The SMILES string of the molecule is CC1CN(C(=O)c2cc(Cl)ccc2N)CC1C. The van der Waals surface area contributed by atoms with E-state index in [9.17, 15) is 4.79 Å². The molecule has 3 nitrogen and oxygen atoms in total. The fraction of sp³-hybridized carbons (Fsp3) is 0.462. The summed E-state index contributed by atoms with van der Waals surface area (Å²) in [7, 11) is 0. The zero-order valence-electron chi connectivity index (χ0n) is 10.1. The molecule has 2 unspecified atom stereocenters. The summed E-state index contributed by atoms with van der Waals surface area (Å²) in [4.78, 5) is 14.2. The Morgan fingerprint density at radius 2 is 1.94 bits per heavy atom. The Labute approximate surface area is 107 Å². The minimum Gasteiger partial charge on any atom is -0.398 e. The van der Waals surface area contributed by atoms with Gasteiger partial charge in [0.05, 0.1) is 5.56 Å². The van der Waals surface area contributed by atoms with E-state index in [1.807, 2.05) is 4.90 Å². The monoisotopic (exact) mass is 252 g/mol. The van der Waals surface area contributed by atoms with Gasteiger partial charge in [0.25, 0.3) is 5.91 Å². The first-order chi connectivity index (χ1) is 7.99. The first-order valence-electron chi connectivity index (χ1n) is 5.83. The van der Waals surface area contributed by atoms with E-state index in [0.29, 0.717) is 28.1 Å². The molecule has 1 amide bonds. The number of nitrogens with zero attached hydrogens (tertiary/aromatic N) is 1. The lowest BCUT2D eigenvalue weighted by Crippen LogP contribution is -2.29. The molecule has 1 fully saturated rings. The Hall–Kier alpha value is -1.22. The highest BCUT2D eigenvalue weighted by Gasteiger charge is 2.30. The van der Waals surface area contributed by atoms with E-state index in [2.05, 4.69) is 13.8 Å². The van der Waals surface area contributed by atoms with Crippen molar-refractivity contribution in [1.29, 1.82) is 0 Å². The van der Waals surface area contributed by atoms with Gasteiger partial charge in [-0.05, 0) is 30.0 Å². The lowest BCUT2D eigenvalue weighted by Gasteiger charge is -2.17. The van der Waals surface area contributed by atoms with E-state index in [1.54, 1.807) is 18.2 Å². The number of nitrogen functional groups attached to an aromatic ring is 1. The summed E-state index contributed by atoms with van der Waals surface area (Å²) in [5, 5.41) is 0.544. The second-order valence-electron chi connectivity index (χ2n) is 4.90. The number of amides is 1. The summed E-state index contributed by atoms with van der Waals surface area (Å²) in [6.07, 6.45) is 0. The lowest BCUT2D eigenvalue weighted by molar-refractivity contribution is 0.0786. The maximum absolute atomic E-state index is 12.3. The molecule has 2 rings (SSSR count). The van der Waals surface area contributed by atoms with Crippen LogP contribution in [0.1, 0.15) is 24.2 Å². The van der Waals surface area contributed by atoms with Crippen LogP contribution in [-0.4, -0.2) is 23.9 Å². The van der Waals surface area contributed by atoms with Gasteiger partial charge in [-0.3, -0.25) is 4.79 Å². The molecule has 0 radical (unpaired) electrons. The van der Waals surface area contributed by atoms with Crippen LogP contribution in [0, 0.1) is 11.8 Å². The standard InChI is InChI=1S/C13H17ClN2O/c1-8-6-16(7-9(8)2)13(17)11-5-10(14)3-4-12(11)15/h3-5,8-9H,6-7,15H2,1-2H3. The predicted molar refractivity (Wildman–Crippen MR) is 70.1 cm³/mol. The molecule has 2 atom stereocenters. The van der Waals surface area contributed by atoms with Crippen molar-refractivity contribution in [2.24, 2.45) is 11.8 Å². The van der Waals surface area contributed by atoms with Crippen molar-refractivity contribution in [2.75, 3.05) is 18.8 Å². The third-order valence-corrected chi connectivity index (χ3v) is 3.76. The molecular weight excluding hydrogens is 236 g/mol. The Balaban J connectivity index is 2.23. The number of carbonyl (C=O) groups is 1. The number of hydrogen-bond donors (Lipinski definition) is 1. The number of benzene rings is 1. The van der Waals surface area contributed by atoms with Gasteiger partial charge in [-0.25, -0.2) is 0 Å². The van der Waals surface area contributed by atoms with E-state index in [4.69, 9.17) is 17.3 Å². The van der Waals surface area contributed by atoms with Crippen LogP contribution in [0.2, 0.25) is 5.02 Å². The van der Waals surface area contributed by atoms with Gasteiger partial charge in [0.15, 0.2) is 0 Å². The Morgan fingerprint density at radius 3 is 2.53 bits per heavy atom. The second kappa shape index (κ2) is 4.57. The summed E-state index contributed by atoms with van der Waals surface area (Å²) >= 11 is 5.90. The van der Waals surface area contributed by atoms with E-state index in [0.717, 1.165) is 13.1 Å². The van der Waals surface area contributed by atoms with Gasteiger partial charge in [0.1, 0.15) is 0 Å². The molecule has 1 aliphatic rings. The number of rotatable bonds is 1. The van der Waals surface area contributed by atoms with Crippen LogP contribution >= 0.6 is 11.6 Å². The summed E-state index contributed by atoms with van der Waals surface area (Å²) in [6, 6.07) is 5.02. The molecule has 0 aliphatic carbocycles. The van der Waals surface area contributed by atoms with Crippen LogP contribution in [-0.2, 0) is 0 Å². The van der Waals surface area contributed by atoms with E-state index < -0.39 is 0 Å². The van der Waals surface area contributed by atoms with Crippen molar-refractivity contribution in [3.05, 3.63) is 28.8 Å². The van der Waals surface area contributed by atoms with Crippen molar-refractivity contribution in [2.45, 2.75) is 13.8 Å². The molecule has 1 aromatic carbocycles. The predicted octanol–water partition coefficient (Wildman–Crippen LogP) is 2.65. The number of anilines is 1. The Bertz CT molecular complexity index is 437. The Kier molecular flexibility index (Phi) is 3.29. The van der Waals surface area contributed by atoms with Crippen molar-refractivity contribution in [3.63, 3.8) is 0 Å². The summed E-state index contributed by atoms with van der Waals surface area (Å²) in [6.45, 7) is 5.93. The van der Waals surface area contributed by atoms with E-state index >= 15 is 0 Å². The zero-order chi connectivity index (χ0) is 12.6. The van der Waals surface area contributed by atoms with Gasteiger partial charge in [-0.1, -0.05) is 25.4 Å². The molecule has 1 heterocycles. The highest BCUT2D eigenvalue weighted by molar-refractivity contribution is 6.31. The highest BCUT2D eigenvalue weighted by atomic mass is 35.5. The lowest BCUT2D eigenvalue weighted by atomic mass is 10.0. The molecule has 0 spiro atoms. The first-order valence-corrected chi connectivity index (χ1v) is 6.21. The normalized spacial score (nSPS) is 24.1. The summed E-state index contributed by atoms with van der Waals surface area (Å²) < 4.78 is 0. The maximum Gasteiger partial charge on any atom is 0.256 e. The van der Waals surface area contributed by atoms with Gasteiger partial charge in [-0.15, -0.1) is 0 Å². The number of carbonyl (C=O) groups excluding carboxylic acids is 1. The molecule has 17 heavy (non-hydrogen) atoms. The van der Waals surface area contributed by atoms with E-state index in [1.165, 1.54) is 0 Å². The quantitative estimate of drug-likeness (QED) is 0.781. The van der Waals surface area contributed by atoms with Gasteiger partial charge in [0, 0.05) is 23.8 Å². The average molecular weight is 253 g/mol. The Morgan fingerprint density at radius 1 is 1.35 bits per heavy atom. The molecule has 1 saturated heterocycles. The number of halogens is 1. The largest absolute Gasteiger partial charge is 0.398 e. The van der Waals surface area contributed by atoms with E-state index in [-0.39, 0.29) is 5.91 Å². The molecule has 4 heteroatoms. The average Bonchev–Trinajstić information content (AvgIpc) is 2.62. The minimum absolute atomic E-state index is 0.0128. The van der Waals surface area contributed by atoms with Gasteiger partial charge < -0.3 is 10.6 Å². The van der Waals surface area contributed by atoms with Crippen LogP contribution in [0.5, 0.6) is 0 Å². The fourth-order valence-corrected chi connectivity index (χ4v) is 2.35. The van der Waals surface area contributed by atoms with Crippen LogP contribution in [0.15, 0.2) is 18.2 Å². The third-order valence-electron chi connectivity index (χ3n) is 3.52. The molecular formula is C13H17ClN2O. The van der Waals surface area contributed by atoms with Gasteiger partial charge in [-0.2, -0.15) is 0 Å². The van der Waals surface area contributed by atoms with Crippen LogP contribution in [0.4, 0.5) is 5.69 Å². The molecule has 0 bridgehead atoms. The topological polar surface area (TPSA) is 46.3 Å². The van der Waals surface area contributed by atoms with Gasteiger partial charge >= 0.3 is 0 Å². The number of hydrogen-bond acceptors (Lipinski definition) is 2. The molecule has 1 aromatic rings. The maximum atomic E-state index is 12.3. The van der Waals surface area contributed by atoms with Crippen LogP contribution in [0.25, 0.3) is 0 Å². The van der Waals surface area contributed by atoms with Crippen molar-refractivity contribution >= 4 is 23.2 Å². The second-order valence-corrected chi connectivity index (χ2v) is 5.33. The number of nitrogens with two attached hydrogens (primary N) is 1. The van der Waals surface area contributed by atoms with Gasteiger partial charge in [0.2, 0.25) is 0 Å². The molecule has 0 saturated carbocycles. The molecule has 92 valence electrons. The minimum atomic E-state index is -0.0128. The highest BCUT2D eigenvalue weighted by Crippen LogP contribution is 2.26. The summed E-state index contributed by atoms with van der Waals surface area (Å²) in [5.74, 6) is 1.07. The van der Waals surface area contributed by atoms with Crippen LogP contribution in [0.3, 0.4) is 0 Å². The fourth-order valence-electron chi connectivity index (χ4n) is 2.18. The van der Waals surface area contributed by atoms with Crippen molar-refractivity contribution in [1.82, 2.24) is 4.90 Å². The zero-order valence-corrected chi connectivity index (χ0v) is 10.9. The van der Waals surface area contributed by atoms with Crippen LogP contribution < -0.4 is 5.73 Å². The third kappa shape index (κ3) is 2.39. The first kappa shape index (κ1) is 12.2. The smallest absolute Gasteiger partial charge is 0.256 e. The molecule has 2 N–H and O–H groups in total. The molecule has 1 aliphatic heterocycles. The van der Waals surface area contributed by atoms with Crippen molar-refractivity contribution < 1.29 is 4.79 Å². The summed E-state index contributed by atoms with van der Waals surface area (Å²) in [5.41, 5.74) is 6.83.